The van der Waals surface area contributed by atoms with Gasteiger partial charge in [-0.2, -0.15) is 0 Å². The number of hydrogen-bond donors (Lipinski definition) is 0. The molecule has 1 spiro atoms. The Kier molecular flexibility index (Phi) is 4.26. The summed E-state index contributed by atoms with van der Waals surface area (Å²) in [6, 6.07) is 8.77. The molecule has 0 amide bonds. The summed E-state index contributed by atoms with van der Waals surface area (Å²) in [4.78, 5) is 2.73. The van der Waals surface area contributed by atoms with Gasteiger partial charge in [-0.1, -0.05) is 12.1 Å². The van der Waals surface area contributed by atoms with E-state index in [4.69, 9.17) is 14.2 Å². The Morgan fingerprint density at radius 2 is 2.00 bits per heavy atom. The molecule has 4 fully saturated rings. The molecule has 2 aliphatic carbocycles. The maximum atomic E-state index is 6.17. The Hall–Kier alpha value is -1.10. The zero-order valence-electron chi connectivity index (χ0n) is 15.9. The lowest BCUT2D eigenvalue weighted by atomic mass is 9.57. The van der Waals surface area contributed by atoms with Gasteiger partial charge in [0, 0.05) is 31.3 Å². The molecular formula is C22H31NO3. The SMILES string of the molecule is COc1cccc([C@]23CCN(CC4CC4)C[C@@H]2CCC2(C3)OCCO2)c1. The van der Waals surface area contributed by atoms with Gasteiger partial charge in [0.1, 0.15) is 5.75 Å². The van der Waals surface area contributed by atoms with Crippen LogP contribution in [0.25, 0.3) is 0 Å². The number of ether oxygens (including phenoxy) is 3. The lowest BCUT2D eigenvalue weighted by Crippen LogP contribution is -2.57. The lowest BCUT2D eigenvalue weighted by Gasteiger charge is -2.55. The maximum absolute atomic E-state index is 6.17. The first-order chi connectivity index (χ1) is 12.7. The second-order valence-electron chi connectivity index (χ2n) is 8.86. The van der Waals surface area contributed by atoms with Crippen LogP contribution in [0.2, 0.25) is 0 Å². The van der Waals surface area contributed by atoms with Gasteiger partial charge < -0.3 is 19.1 Å². The number of nitrogens with zero attached hydrogens (tertiary/aromatic N) is 1. The van der Waals surface area contributed by atoms with Crippen LogP contribution in [0.15, 0.2) is 24.3 Å². The summed E-state index contributed by atoms with van der Waals surface area (Å²) in [5.74, 6) is 2.26. The average Bonchev–Trinajstić information content (AvgIpc) is 3.39. The topological polar surface area (TPSA) is 30.9 Å². The Labute approximate surface area is 156 Å². The van der Waals surface area contributed by atoms with Crippen LogP contribution in [0.1, 0.15) is 44.1 Å². The van der Waals surface area contributed by atoms with Crippen molar-refractivity contribution in [3.63, 3.8) is 0 Å². The molecule has 2 saturated heterocycles. The molecular weight excluding hydrogens is 326 g/mol. The van der Waals surface area contributed by atoms with E-state index in [9.17, 15) is 0 Å². The molecule has 0 aromatic heterocycles. The van der Waals surface area contributed by atoms with Gasteiger partial charge in [-0.25, -0.2) is 0 Å². The van der Waals surface area contributed by atoms with Gasteiger partial charge in [-0.15, -0.1) is 0 Å². The van der Waals surface area contributed by atoms with E-state index in [1.54, 1.807) is 7.11 Å². The van der Waals surface area contributed by atoms with Crippen molar-refractivity contribution in [2.24, 2.45) is 11.8 Å². The second kappa shape index (κ2) is 6.50. The molecule has 1 aromatic carbocycles. The summed E-state index contributed by atoms with van der Waals surface area (Å²) < 4.78 is 17.9. The third-order valence-electron chi connectivity index (χ3n) is 7.26. The molecule has 0 unspecified atom stereocenters. The molecule has 26 heavy (non-hydrogen) atoms. The van der Waals surface area contributed by atoms with E-state index in [1.165, 1.54) is 50.9 Å². The number of piperidine rings is 1. The van der Waals surface area contributed by atoms with Crippen LogP contribution < -0.4 is 4.74 Å². The molecule has 2 aliphatic heterocycles. The summed E-state index contributed by atoms with van der Waals surface area (Å²) in [6.07, 6.45) is 7.31. The molecule has 2 saturated carbocycles. The van der Waals surface area contributed by atoms with Gasteiger partial charge in [0.05, 0.1) is 20.3 Å². The highest BCUT2D eigenvalue weighted by atomic mass is 16.7. The minimum atomic E-state index is -0.349. The molecule has 0 radical (unpaired) electrons. The third kappa shape index (κ3) is 2.96. The minimum absolute atomic E-state index is 0.150. The number of likely N-dealkylation sites (tertiary alicyclic amines) is 1. The zero-order valence-corrected chi connectivity index (χ0v) is 15.9. The Morgan fingerprint density at radius 1 is 1.15 bits per heavy atom. The summed E-state index contributed by atoms with van der Waals surface area (Å²) in [6.45, 7) is 5.21. The van der Waals surface area contributed by atoms with Crippen LogP contribution in [-0.2, 0) is 14.9 Å². The van der Waals surface area contributed by atoms with E-state index in [1.807, 2.05) is 0 Å². The second-order valence-corrected chi connectivity index (χ2v) is 8.86. The number of rotatable bonds is 4. The van der Waals surface area contributed by atoms with Crippen LogP contribution in [0.5, 0.6) is 5.75 Å². The van der Waals surface area contributed by atoms with Crippen LogP contribution >= 0.6 is 0 Å². The third-order valence-corrected chi connectivity index (χ3v) is 7.26. The first-order valence-corrected chi connectivity index (χ1v) is 10.4. The van der Waals surface area contributed by atoms with Gasteiger partial charge in [0.2, 0.25) is 0 Å². The van der Waals surface area contributed by atoms with Crippen molar-refractivity contribution in [2.75, 3.05) is 40.0 Å². The lowest BCUT2D eigenvalue weighted by molar-refractivity contribution is -0.207. The van der Waals surface area contributed by atoms with E-state index >= 15 is 0 Å². The quantitative estimate of drug-likeness (QED) is 0.824. The number of benzene rings is 1. The van der Waals surface area contributed by atoms with Crippen LogP contribution in [0.4, 0.5) is 0 Å². The van der Waals surface area contributed by atoms with Gasteiger partial charge in [0.25, 0.3) is 0 Å². The zero-order chi connectivity index (χ0) is 17.6. The average molecular weight is 357 g/mol. The summed E-state index contributed by atoms with van der Waals surface area (Å²) in [5, 5.41) is 0. The van der Waals surface area contributed by atoms with Crippen molar-refractivity contribution in [2.45, 2.75) is 49.7 Å². The fourth-order valence-corrected chi connectivity index (χ4v) is 5.69. The smallest absolute Gasteiger partial charge is 0.169 e. The molecule has 2 atom stereocenters. The van der Waals surface area contributed by atoms with Gasteiger partial charge >= 0.3 is 0 Å². The maximum Gasteiger partial charge on any atom is 0.169 e. The Bertz CT molecular complexity index is 653. The highest BCUT2D eigenvalue weighted by Gasteiger charge is 2.55. The van der Waals surface area contributed by atoms with E-state index in [0.29, 0.717) is 5.92 Å². The standard InChI is InChI=1S/C22H31NO3/c1-24-20-4-2-3-18(13-20)21-9-10-23(14-17-5-6-17)15-19(21)7-8-22(16-21)25-11-12-26-22/h2-4,13,17,19H,5-12,14-16H2,1H3/t19-,21+/m0/s1. The monoisotopic (exact) mass is 357 g/mol. The molecule has 2 heterocycles. The molecule has 0 N–H and O–H groups in total. The van der Waals surface area contributed by atoms with Crippen molar-refractivity contribution < 1.29 is 14.2 Å². The predicted octanol–water partition coefficient (Wildman–Crippen LogP) is 3.59. The molecule has 4 heteroatoms. The molecule has 4 nitrogen and oxygen atoms in total. The van der Waals surface area contributed by atoms with E-state index in [2.05, 4.69) is 29.2 Å². The van der Waals surface area contributed by atoms with E-state index in [0.717, 1.165) is 37.7 Å². The van der Waals surface area contributed by atoms with E-state index < -0.39 is 0 Å². The van der Waals surface area contributed by atoms with Crippen molar-refractivity contribution in [3.05, 3.63) is 29.8 Å². The van der Waals surface area contributed by atoms with Crippen molar-refractivity contribution in [1.29, 1.82) is 0 Å². The fourth-order valence-electron chi connectivity index (χ4n) is 5.69. The minimum Gasteiger partial charge on any atom is -0.497 e. The fraction of sp³-hybridized carbons (Fsp3) is 0.727. The predicted molar refractivity (Wildman–Crippen MR) is 100 cm³/mol. The Balaban J connectivity index is 1.47. The Morgan fingerprint density at radius 3 is 2.77 bits per heavy atom. The molecule has 142 valence electrons. The first kappa shape index (κ1) is 17.0. The largest absolute Gasteiger partial charge is 0.497 e. The summed E-state index contributed by atoms with van der Waals surface area (Å²) in [7, 11) is 1.76. The summed E-state index contributed by atoms with van der Waals surface area (Å²) >= 11 is 0. The molecule has 5 rings (SSSR count). The number of fused-ring (bicyclic) bond motifs is 1. The van der Waals surface area contributed by atoms with E-state index in [-0.39, 0.29) is 11.2 Å². The number of methoxy groups -OCH3 is 1. The van der Waals surface area contributed by atoms with Crippen LogP contribution in [-0.4, -0.2) is 50.6 Å². The van der Waals surface area contributed by atoms with Crippen molar-refractivity contribution in [1.82, 2.24) is 4.90 Å². The van der Waals surface area contributed by atoms with Gasteiger partial charge in [-0.3, -0.25) is 0 Å². The van der Waals surface area contributed by atoms with Gasteiger partial charge in [-0.05, 0) is 61.8 Å². The molecule has 4 aliphatic rings. The normalized spacial score (nSPS) is 34.0. The van der Waals surface area contributed by atoms with Gasteiger partial charge in [0.15, 0.2) is 5.79 Å². The molecule has 1 aromatic rings. The summed E-state index contributed by atoms with van der Waals surface area (Å²) in [5.41, 5.74) is 1.57. The van der Waals surface area contributed by atoms with Crippen molar-refractivity contribution >= 4 is 0 Å². The highest BCUT2D eigenvalue weighted by molar-refractivity contribution is 5.36. The first-order valence-electron chi connectivity index (χ1n) is 10.4. The highest BCUT2D eigenvalue weighted by Crippen LogP contribution is 2.54. The van der Waals surface area contributed by atoms with Crippen LogP contribution in [0.3, 0.4) is 0 Å². The number of hydrogen-bond acceptors (Lipinski definition) is 4. The molecule has 0 bridgehead atoms. The van der Waals surface area contributed by atoms with Crippen LogP contribution in [0, 0.1) is 11.8 Å². The van der Waals surface area contributed by atoms with Crippen molar-refractivity contribution in [3.8, 4) is 5.75 Å².